The molecule has 6 heteroatoms. The number of rotatable bonds is 5. The molecule has 2 aliphatic rings. The van der Waals surface area contributed by atoms with Crippen LogP contribution in [0, 0.1) is 0 Å². The number of amides is 1. The summed E-state index contributed by atoms with van der Waals surface area (Å²) in [4.78, 5) is 30.2. The molecular formula is C25H30N2O4. The van der Waals surface area contributed by atoms with Gasteiger partial charge in [-0.25, -0.2) is 0 Å². The summed E-state index contributed by atoms with van der Waals surface area (Å²) in [6.07, 6.45) is -0.280. The molecule has 2 aromatic rings. The number of benzene rings is 2. The zero-order valence-electron chi connectivity index (χ0n) is 18.4. The van der Waals surface area contributed by atoms with Crippen LogP contribution in [0.3, 0.4) is 0 Å². The maximum atomic E-state index is 13.4. The summed E-state index contributed by atoms with van der Waals surface area (Å²) in [5.41, 5.74) is 0.911. The summed E-state index contributed by atoms with van der Waals surface area (Å²) in [6, 6.07) is 14.6. The Morgan fingerprint density at radius 3 is 2.35 bits per heavy atom. The second kappa shape index (κ2) is 8.19. The molecule has 1 fully saturated rings. The van der Waals surface area contributed by atoms with Gasteiger partial charge >= 0.3 is 0 Å². The number of anilines is 1. The van der Waals surface area contributed by atoms with Crippen LogP contribution in [0.1, 0.15) is 48.7 Å². The van der Waals surface area contributed by atoms with Gasteiger partial charge in [-0.1, -0.05) is 63.2 Å². The highest BCUT2D eigenvalue weighted by Crippen LogP contribution is 2.43. The van der Waals surface area contributed by atoms with Crippen LogP contribution < -0.4 is 4.90 Å². The Morgan fingerprint density at radius 2 is 1.71 bits per heavy atom. The SMILES string of the molecule is CC(C)(C)c1ccc(C(=O)C[C@@]2(O)C(=O)N(CN3CCOCC3)c3ccccc32)cc1. The summed E-state index contributed by atoms with van der Waals surface area (Å²) < 4.78 is 5.39. The van der Waals surface area contributed by atoms with Gasteiger partial charge in [0, 0.05) is 24.2 Å². The number of carbonyl (C=O) groups is 2. The van der Waals surface area contributed by atoms with Crippen molar-refractivity contribution in [2.75, 3.05) is 37.9 Å². The van der Waals surface area contributed by atoms with Crippen molar-refractivity contribution in [3.8, 4) is 0 Å². The van der Waals surface area contributed by atoms with Crippen molar-refractivity contribution in [2.24, 2.45) is 0 Å². The van der Waals surface area contributed by atoms with Crippen LogP contribution in [0.4, 0.5) is 5.69 Å². The van der Waals surface area contributed by atoms with E-state index in [-0.39, 0.29) is 17.6 Å². The number of ether oxygens (including phenoxy) is 1. The lowest BCUT2D eigenvalue weighted by molar-refractivity contribution is -0.136. The van der Waals surface area contributed by atoms with E-state index in [0.29, 0.717) is 36.7 Å². The first-order valence-electron chi connectivity index (χ1n) is 10.8. The molecule has 1 atom stereocenters. The lowest BCUT2D eigenvalue weighted by Crippen LogP contribution is -2.49. The number of para-hydroxylation sites is 1. The van der Waals surface area contributed by atoms with Crippen molar-refractivity contribution in [1.82, 2.24) is 4.90 Å². The van der Waals surface area contributed by atoms with Crippen LogP contribution in [0.5, 0.6) is 0 Å². The van der Waals surface area contributed by atoms with Crippen LogP contribution in [0.15, 0.2) is 48.5 Å². The third-order valence-corrected chi connectivity index (χ3v) is 6.17. The average molecular weight is 423 g/mol. The van der Waals surface area contributed by atoms with Gasteiger partial charge in [-0.2, -0.15) is 0 Å². The van der Waals surface area contributed by atoms with Gasteiger partial charge in [-0.15, -0.1) is 0 Å². The second-order valence-corrected chi connectivity index (χ2v) is 9.41. The van der Waals surface area contributed by atoms with Gasteiger partial charge in [0.15, 0.2) is 11.4 Å². The number of nitrogens with zero attached hydrogens (tertiary/aromatic N) is 2. The lowest BCUT2D eigenvalue weighted by atomic mass is 9.85. The molecule has 0 spiro atoms. The van der Waals surface area contributed by atoms with Gasteiger partial charge in [0.2, 0.25) is 0 Å². The molecule has 164 valence electrons. The van der Waals surface area contributed by atoms with Crippen LogP contribution in [0.25, 0.3) is 0 Å². The zero-order valence-corrected chi connectivity index (χ0v) is 18.4. The molecule has 4 rings (SSSR count). The van der Waals surface area contributed by atoms with Crippen molar-refractivity contribution < 1.29 is 19.4 Å². The fourth-order valence-corrected chi connectivity index (χ4v) is 4.25. The summed E-state index contributed by atoms with van der Waals surface area (Å²) in [6.45, 7) is 9.41. The predicted molar refractivity (Wildman–Crippen MR) is 119 cm³/mol. The maximum absolute atomic E-state index is 13.4. The number of morpholine rings is 1. The molecule has 2 aromatic carbocycles. The molecule has 0 unspecified atom stereocenters. The predicted octanol–water partition coefficient (Wildman–Crippen LogP) is 3.08. The van der Waals surface area contributed by atoms with E-state index < -0.39 is 11.5 Å². The Kier molecular flexibility index (Phi) is 5.73. The van der Waals surface area contributed by atoms with Crippen molar-refractivity contribution in [1.29, 1.82) is 0 Å². The number of hydrogen-bond donors (Lipinski definition) is 1. The quantitative estimate of drug-likeness (QED) is 0.750. The summed E-state index contributed by atoms with van der Waals surface area (Å²) in [5, 5.41) is 11.5. The van der Waals surface area contributed by atoms with Gasteiger partial charge in [-0.05, 0) is 17.0 Å². The van der Waals surface area contributed by atoms with Gasteiger partial charge in [0.25, 0.3) is 5.91 Å². The maximum Gasteiger partial charge on any atom is 0.265 e. The first kappa shape index (κ1) is 21.7. The smallest absolute Gasteiger partial charge is 0.265 e. The Balaban J connectivity index is 1.58. The van der Waals surface area contributed by atoms with E-state index in [9.17, 15) is 14.7 Å². The third kappa shape index (κ3) is 4.15. The van der Waals surface area contributed by atoms with Gasteiger partial charge < -0.3 is 9.84 Å². The zero-order chi connectivity index (χ0) is 22.2. The molecule has 2 aliphatic heterocycles. The summed E-state index contributed by atoms with van der Waals surface area (Å²) in [5.74, 6) is -0.695. The second-order valence-electron chi connectivity index (χ2n) is 9.41. The number of hydrogen-bond acceptors (Lipinski definition) is 5. The minimum Gasteiger partial charge on any atom is -0.379 e. The largest absolute Gasteiger partial charge is 0.379 e. The number of Topliss-reactive ketones (excluding diaryl/α,β-unsaturated/α-hetero) is 1. The van der Waals surface area contributed by atoms with E-state index in [2.05, 4.69) is 25.7 Å². The fraction of sp³-hybridized carbons (Fsp3) is 0.440. The highest BCUT2D eigenvalue weighted by atomic mass is 16.5. The average Bonchev–Trinajstić information content (AvgIpc) is 2.96. The summed E-state index contributed by atoms with van der Waals surface area (Å²) in [7, 11) is 0. The first-order valence-corrected chi connectivity index (χ1v) is 10.8. The molecule has 2 heterocycles. The van der Waals surface area contributed by atoms with E-state index in [1.165, 1.54) is 0 Å². The minimum absolute atomic E-state index is 0.0138. The molecule has 1 N–H and O–H groups in total. The molecule has 31 heavy (non-hydrogen) atoms. The molecular weight excluding hydrogens is 392 g/mol. The van der Waals surface area contributed by atoms with Crippen molar-refractivity contribution in [3.05, 3.63) is 65.2 Å². The Labute approximate surface area is 183 Å². The van der Waals surface area contributed by atoms with Crippen molar-refractivity contribution >= 4 is 17.4 Å². The Bertz CT molecular complexity index is 974. The molecule has 0 aromatic heterocycles. The summed E-state index contributed by atoms with van der Waals surface area (Å²) >= 11 is 0. The van der Waals surface area contributed by atoms with Crippen LogP contribution >= 0.6 is 0 Å². The standard InChI is InChI=1S/C25H30N2O4/c1-24(2,3)19-10-8-18(9-11-19)22(28)16-25(30)20-6-4-5-7-21(20)27(23(25)29)17-26-12-14-31-15-13-26/h4-11,30H,12-17H2,1-3H3/t25-/m0/s1. The molecule has 1 amide bonds. The van der Waals surface area contributed by atoms with Crippen LogP contribution in [0.2, 0.25) is 0 Å². The third-order valence-electron chi connectivity index (χ3n) is 6.17. The highest BCUT2D eigenvalue weighted by Gasteiger charge is 2.51. The minimum atomic E-state index is -1.86. The van der Waals surface area contributed by atoms with E-state index >= 15 is 0 Å². The van der Waals surface area contributed by atoms with E-state index in [0.717, 1.165) is 18.7 Å². The molecule has 1 saturated heterocycles. The van der Waals surface area contributed by atoms with E-state index in [1.54, 1.807) is 29.2 Å². The number of ketones is 1. The molecule has 6 nitrogen and oxygen atoms in total. The highest BCUT2D eigenvalue weighted by molar-refractivity contribution is 6.10. The number of aliphatic hydroxyl groups is 1. The normalized spacial score (nSPS) is 21.9. The van der Waals surface area contributed by atoms with Gasteiger partial charge in [0.05, 0.1) is 32.0 Å². The van der Waals surface area contributed by atoms with E-state index in [1.807, 2.05) is 24.3 Å². The van der Waals surface area contributed by atoms with Crippen molar-refractivity contribution in [3.63, 3.8) is 0 Å². The molecule has 0 saturated carbocycles. The monoisotopic (exact) mass is 422 g/mol. The fourth-order valence-electron chi connectivity index (χ4n) is 4.25. The van der Waals surface area contributed by atoms with Crippen LogP contribution in [-0.4, -0.2) is 54.7 Å². The topological polar surface area (TPSA) is 70.1 Å². The van der Waals surface area contributed by atoms with Gasteiger partial charge in [0.1, 0.15) is 0 Å². The lowest BCUT2D eigenvalue weighted by Gasteiger charge is -2.31. The van der Waals surface area contributed by atoms with E-state index in [4.69, 9.17) is 4.74 Å². The first-order chi connectivity index (χ1) is 14.7. The molecule has 0 bridgehead atoms. The number of fused-ring (bicyclic) bond motifs is 1. The van der Waals surface area contributed by atoms with Crippen LogP contribution in [-0.2, 0) is 20.5 Å². The van der Waals surface area contributed by atoms with Crippen molar-refractivity contribution in [2.45, 2.75) is 38.2 Å². The molecule has 0 radical (unpaired) electrons. The Hall–Kier alpha value is -2.54. The molecule has 0 aliphatic carbocycles. The van der Waals surface area contributed by atoms with Gasteiger partial charge in [-0.3, -0.25) is 19.4 Å². The Morgan fingerprint density at radius 1 is 1.06 bits per heavy atom. The number of carbonyl (C=O) groups excluding carboxylic acids is 2.